The van der Waals surface area contributed by atoms with Crippen LogP contribution in [0.2, 0.25) is 0 Å². The molecule has 0 aromatic heterocycles. The van der Waals surface area contributed by atoms with Crippen LogP contribution in [0, 0.1) is 0 Å². The van der Waals surface area contributed by atoms with Crippen LogP contribution in [-0.4, -0.2) is 49.7 Å². The molecule has 0 radical (unpaired) electrons. The predicted octanol–water partition coefficient (Wildman–Crippen LogP) is -0.179. The SMILES string of the molecule is O=C(CC[C@@H]1NC(=O)c2ccccc2NC1=O)N[C@@H]1CCS(=O)(=O)C1. The van der Waals surface area contributed by atoms with Crippen LogP contribution in [0.1, 0.15) is 29.6 Å². The number of benzene rings is 1. The number of carbonyl (C=O) groups is 3. The number of para-hydroxylation sites is 1. The fourth-order valence-corrected chi connectivity index (χ4v) is 4.67. The van der Waals surface area contributed by atoms with Crippen LogP contribution in [-0.2, 0) is 19.4 Å². The highest BCUT2D eigenvalue weighted by Gasteiger charge is 2.30. The lowest BCUT2D eigenvalue weighted by Gasteiger charge is -2.15. The van der Waals surface area contributed by atoms with Crippen molar-refractivity contribution in [1.82, 2.24) is 10.6 Å². The molecule has 0 aliphatic carbocycles. The lowest BCUT2D eigenvalue weighted by molar-refractivity contribution is -0.122. The maximum absolute atomic E-state index is 12.2. The second-order valence-corrected chi connectivity index (χ2v) is 8.50. The normalized spacial score (nSPS) is 24.6. The molecule has 8 nitrogen and oxygen atoms in total. The molecular formula is C16H19N3O5S. The van der Waals surface area contributed by atoms with E-state index in [2.05, 4.69) is 16.0 Å². The Labute approximate surface area is 145 Å². The third kappa shape index (κ3) is 4.16. The summed E-state index contributed by atoms with van der Waals surface area (Å²) in [6.45, 7) is 0. The van der Waals surface area contributed by atoms with E-state index in [0.29, 0.717) is 17.7 Å². The number of sulfone groups is 1. The number of hydrogen-bond acceptors (Lipinski definition) is 5. The highest BCUT2D eigenvalue weighted by Crippen LogP contribution is 2.19. The Morgan fingerprint density at radius 2 is 2.00 bits per heavy atom. The molecular weight excluding hydrogens is 346 g/mol. The Bertz CT molecular complexity index is 821. The van der Waals surface area contributed by atoms with Gasteiger partial charge in [0, 0.05) is 12.5 Å². The van der Waals surface area contributed by atoms with Crippen molar-refractivity contribution in [2.24, 2.45) is 0 Å². The number of rotatable bonds is 4. The zero-order valence-electron chi connectivity index (χ0n) is 13.4. The van der Waals surface area contributed by atoms with Gasteiger partial charge in [-0.1, -0.05) is 12.1 Å². The Morgan fingerprint density at radius 1 is 1.24 bits per heavy atom. The molecule has 0 bridgehead atoms. The van der Waals surface area contributed by atoms with Crippen molar-refractivity contribution in [2.45, 2.75) is 31.3 Å². The van der Waals surface area contributed by atoms with E-state index in [4.69, 9.17) is 0 Å². The molecule has 134 valence electrons. The van der Waals surface area contributed by atoms with Gasteiger partial charge in [-0.3, -0.25) is 14.4 Å². The molecule has 0 spiro atoms. The van der Waals surface area contributed by atoms with Gasteiger partial charge in [-0.25, -0.2) is 8.42 Å². The summed E-state index contributed by atoms with van der Waals surface area (Å²) in [5.74, 6) is -1.05. The summed E-state index contributed by atoms with van der Waals surface area (Å²) in [5, 5.41) is 7.97. The van der Waals surface area contributed by atoms with Gasteiger partial charge in [0.05, 0.1) is 22.8 Å². The molecule has 2 aliphatic rings. The second-order valence-electron chi connectivity index (χ2n) is 6.27. The van der Waals surface area contributed by atoms with Crippen molar-refractivity contribution in [2.75, 3.05) is 16.8 Å². The monoisotopic (exact) mass is 365 g/mol. The minimum atomic E-state index is -3.06. The number of anilines is 1. The van der Waals surface area contributed by atoms with Gasteiger partial charge in [-0.15, -0.1) is 0 Å². The second kappa shape index (κ2) is 6.83. The number of fused-ring (bicyclic) bond motifs is 1. The van der Waals surface area contributed by atoms with Crippen molar-refractivity contribution in [3.05, 3.63) is 29.8 Å². The summed E-state index contributed by atoms with van der Waals surface area (Å²) in [4.78, 5) is 36.4. The number of amides is 3. The highest BCUT2D eigenvalue weighted by atomic mass is 32.2. The molecule has 1 saturated heterocycles. The summed E-state index contributed by atoms with van der Waals surface area (Å²) < 4.78 is 22.8. The molecule has 25 heavy (non-hydrogen) atoms. The topological polar surface area (TPSA) is 121 Å². The smallest absolute Gasteiger partial charge is 0.254 e. The minimum absolute atomic E-state index is 0.0191. The molecule has 1 fully saturated rings. The molecule has 0 unspecified atom stereocenters. The lowest BCUT2D eigenvalue weighted by atomic mass is 10.1. The van der Waals surface area contributed by atoms with Gasteiger partial charge in [-0.2, -0.15) is 0 Å². The van der Waals surface area contributed by atoms with Gasteiger partial charge in [0.25, 0.3) is 5.91 Å². The molecule has 1 aromatic rings. The number of nitrogens with one attached hydrogen (secondary N) is 3. The van der Waals surface area contributed by atoms with Crippen LogP contribution in [0.25, 0.3) is 0 Å². The quantitative estimate of drug-likeness (QED) is 0.683. The van der Waals surface area contributed by atoms with Gasteiger partial charge in [0.15, 0.2) is 9.84 Å². The van der Waals surface area contributed by atoms with E-state index in [9.17, 15) is 22.8 Å². The zero-order chi connectivity index (χ0) is 18.0. The Balaban J connectivity index is 1.56. The molecule has 3 rings (SSSR count). The molecule has 3 N–H and O–H groups in total. The number of carbonyl (C=O) groups excluding carboxylic acids is 3. The Hall–Kier alpha value is -2.42. The van der Waals surface area contributed by atoms with Crippen molar-refractivity contribution >= 4 is 33.2 Å². The molecule has 2 heterocycles. The van der Waals surface area contributed by atoms with Crippen LogP contribution < -0.4 is 16.0 Å². The van der Waals surface area contributed by atoms with Crippen LogP contribution in [0.4, 0.5) is 5.69 Å². The van der Waals surface area contributed by atoms with Crippen molar-refractivity contribution in [3.8, 4) is 0 Å². The van der Waals surface area contributed by atoms with Gasteiger partial charge >= 0.3 is 0 Å². The van der Waals surface area contributed by atoms with Crippen molar-refractivity contribution in [1.29, 1.82) is 0 Å². The van der Waals surface area contributed by atoms with Gasteiger partial charge in [-0.05, 0) is 25.0 Å². The van der Waals surface area contributed by atoms with Crippen LogP contribution in [0.15, 0.2) is 24.3 Å². The summed E-state index contributed by atoms with van der Waals surface area (Å²) in [6, 6.07) is 5.48. The largest absolute Gasteiger partial charge is 0.352 e. The minimum Gasteiger partial charge on any atom is -0.352 e. The first-order valence-electron chi connectivity index (χ1n) is 8.04. The van der Waals surface area contributed by atoms with E-state index in [1.807, 2.05) is 0 Å². The van der Waals surface area contributed by atoms with Gasteiger partial charge in [0.1, 0.15) is 6.04 Å². The fraction of sp³-hybridized carbons (Fsp3) is 0.438. The van der Waals surface area contributed by atoms with E-state index in [1.54, 1.807) is 24.3 Å². The third-order valence-electron chi connectivity index (χ3n) is 4.31. The van der Waals surface area contributed by atoms with E-state index < -0.39 is 15.9 Å². The maximum atomic E-state index is 12.2. The Morgan fingerprint density at radius 3 is 2.72 bits per heavy atom. The van der Waals surface area contributed by atoms with E-state index in [0.717, 1.165) is 0 Å². The first-order valence-corrected chi connectivity index (χ1v) is 9.87. The average Bonchev–Trinajstić information content (AvgIpc) is 2.83. The Kier molecular flexibility index (Phi) is 4.76. The average molecular weight is 365 g/mol. The first kappa shape index (κ1) is 17.4. The summed E-state index contributed by atoms with van der Waals surface area (Å²) >= 11 is 0. The summed E-state index contributed by atoms with van der Waals surface area (Å²) in [5.41, 5.74) is 0.812. The first-order chi connectivity index (χ1) is 11.8. The van der Waals surface area contributed by atoms with Crippen molar-refractivity contribution < 1.29 is 22.8 Å². The van der Waals surface area contributed by atoms with Crippen LogP contribution in [0.5, 0.6) is 0 Å². The van der Waals surface area contributed by atoms with Crippen LogP contribution in [0.3, 0.4) is 0 Å². The van der Waals surface area contributed by atoms with E-state index >= 15 is 0 Å². The molecule has 2 atom stereocenters. The number of hydrogen-bond donors (Lipinski definition) is 3. The van der Waals surface area contributed by atoms with Crippen LogP contribution >= 0.6 is 0 Å². The van der Waals surface area contributed by atoms with E-state index in [1.165, 1.54) is 0 Å². The van der Waals surface area contributed by atoms with Gasteiger partial charge < -0.3 is 16.0 Å². The standard InChI is InChI=1S/C16H19N3O5S/c20-14(17-10-7-8-25(23,24)9-10)6-5-13-16(22)18-12-4-2-1-3-11(12)15(21)19-13/h1-4,10,13H,5-9H2,(H,17,20)(H,18,22)(H,19,21)/t10-,13+/m1/s1. The molecule has 9 heteroatoms. The summed E-state index contributed by atoms with van der Waals surface area (Å²) in [6.07, 6.45) is 0.562. The lowest BCUT2D eigenvalue weighted by Crippen LogP contribution is -2.42. The third-order valence-corrected chi connectivity index (χ3v) is 6.08. The molecule has 1 aromatic carbocycles. The van der Waals surface area contributed by atoms with Crippen molar-refractivity contribution in [3.63, 3.8) is 0 Å². The predicted molar refractivity (Wildman–Crippen MR) is 90.8 cm³/mol. The summed E-state index contributed by atoms with van der Waals surface area (Å²) in [7, 11) is -3.06. The molecule has 0 saturated carbocycles. The molecule has 2 aliphatic heterocycles. The fourth-order valence-electron chi connectivity index (χ4n) is 3.00. The van der Waals surface area contributed by atoms with Gasteiger partial charge in [0.2, 0.25) is 11.8 Å². The molecule has 3 amide bonds. The highest BCUT2D eigenvalue weighted by molar-refractivity contribution is 7.91. The maximum Gasteiger partial charge on any atom is 0.254 e. The van der Waals surface area contributed by atoms with E-state index in [-0.39, 0.29) is 48.1 Å². The zero-order valence-corrected chi connectivity index (χ0v) is 14.3.